The summed E-state index contributed by atoms with van der Waals surface area (Å²) in [6.07, 6.45) is 1.41. The van der Waals surface area contributed by atoms with Crippen LogP contribution in [0.2, 0.25) is 0 Å². The number of carbonyl (C=O) groups excluding carboxylic acids is 3. The Morgan fingerprint density at radius 3 is 2.38 bits per heavy atom. The number of allylic oxidation sites excluding steroid dienone is 1. The number of hydrogen-bond donors (Lipinski definition) is 2. The molecular formula is C26H39N3O5. The van der Waals surface area contributed by atoms with E-state index in [2.05, 4.69) is 38.3 Å². The maximum Gasteiger partial charge on any atom is 0.338 e. The number of hydrogen-bond acceptors (Lipinski definition) is 5. The van der Waals surface area contributed by atoms with Crippen molar-refractivity contribution in [2.75, 3.05) is 32.2 Å². The van der Waals surface area contributed by atoms with Crippen LogP contribution < -0.4 is 10.6 Å². The molecule has 2 rings (SSSR count). The zero-order valence-electron chi connectivity index (χ0n) is 21.5. The van der Waals surface area contributed by atoms with Crippen LogP contribution in [0.15, 0.2) is 35.5 Å². The van der Waals surface area contributed by atoms with Crippen molar-refractivity contribution in [2.45, 2.75) is 60.4 Å². The summed E-state index contributed by atoms with van der Waals surface area (Å²) in [6.45, 7) is 13.0. The first-order valence-corrected chi connectivity index (χ1v) is 11.8. The highest BCUT2D eigenvalue weighted by Crippen LogP contribution is 2.32. The van der Waals surface area contributed by atoms with Gasteiger partial charge >= 0.3 is 12.0 Å². The molecule has 0 saturated heterocycles. The Morgan fingerprint density at radius 2 is 1.82 bits per heavy atom. The predicted molar refractivity (Wildman–Crippen MR) is 132 cm³/mol. The molecule has 2 unspecified atom stereocenters. The molecule has 1 heterocycles. The van der Waals surface area contributed by atoms with Crippen molar-refractivity contribution in [2.24, 2.45) is 11.3 Å². The lowest BCUT2D eigenvalue weighted by Crippen LogP contribution is -2.47. The van der Waals surface area contributed by atoms with Crippen molar-refractivity contribution in [3.63, 3.8) is 0 Å². The summed E-state index contributed by atoms with van der Waals surface area (Å²) >= 11 is 0. The maximum absolute atomic E-state index is 12.9. The van der Waals surface area contributed by atoms with Crippen LogP contribution in [0.5, 0.6) is 0 Å². The number of rotatable bonds is 10. The smallest absolute Gasteiger partial charge is 0.338 e. The number of ether oxygens (including phenoxy) is 2. The van der Waals surface area contributed by atoms with Gasteiger partial charge in [0.25, 0.3) is 0 Å². The molecule has 0 aliphatic carbocycles. The summed E-state index contributed by atoms with van der Waals surface area (Å²) < 4.78 is 10.3. The van der Waals surface area contributed by atoms with Crippen molar-refractivity contribution in [3.8, 4) is 0 Å². The van der Waals surface area contributed by atoms with E-state index >= 15 is 0 Å². The van der Waals surface area contributed by atoms with Crippen LogP contribution in [0.1, 0.15) is 66.0 Å². The van der Waals surface area contributed by atoms with Crippen LogP contribution >= 0.6 is 0 Å². The van der Waals surface area contributed by atoms with Crippen molar-refractivity contribution < 1.29 is 23.9 Å². The minimum atomic E-state index is -0.651. The normalized spacial score (nSPS) is 17.3. The van der Waals surface area contributed by atoms with Crippen LogP contribution in [0.3, 0.4) is 0 Å². The molecule has 188 valence electrons. The molecule has 8 heteroatoms. The van der Waals surface area contributed by atoms with E-state index in [-0.39, 0.29) is 36.5 Å². The number of urea groups is 1. The molecule has 34 heavy (non-hydrogen) atoms. The second-order valence-corrected chi connectivity index (χ2v) is 10.00. The Kier molecular flexibility index (Phi) is 9.67. The predicted octanol–water partition coefficient (Wildman–Crippen LogP) is 4.64. The van der Waals surface area contributed by atoms with Gasteiger partial charge in [0.15, 0.2) is 0 Å². The minimum absolute atomic E-state index is 0.0350. The SMILES string of the molecule is CCN1C(=O)NC(c2ccc(NC(=O)CC(C)CC(C)(C)C)cc2)C(C(=O)OCCOC)=C1C. The summed E-state index contributed by atoms with van der Waals surface area (Å²) in [7, 11) is 1.53. The number of benzene rings is 1. The molecule has 1 aromatic rings. The molecule has 3 amide bonds. The standard InChI is InChI=1S/C26H39N3O5/c1-8-29-18(3)22(24(31)34-14-13-33-7)23(28-25(29)32)19-9-11-20(12-10-19)27-21(30)15-17(2)16-26(4,5)6/h9-12,17,23H,8,13-16H2,1-7H3,(H,27,30)(H,28,32). The number of anilines is 1. The quantitative estimate of drug-likeness (QED) is 0.381. The highest BCUT2D eigenvalue weighted by atomic mass is 16.6. The Labute approximate surface area is 203 Å². The number of amides is 3. The summed E-state index contributed by atoms with van der Waals surface area (Å²) in [5, 5.41) is 5.84. The second-order valence-electron chi connectivity index (χ2n) is 10.00. The van der Waals surface area contributed by atoms with Crippen molar-refractivity contribution in [1.82, 2.24) is 10.2 Å². The molecule has 1 aliphatic heterocycles. The molecule has 0 spiro atoms. The van der Waals surface area contributed by atoms with E-state index in [1.54, 1.807) is 31.2 Å². The average molecular weight is 474 g/mol. The van der Waals surface area contributed by atoms with Crippen LogP contribution in [-0.2, 0) is 19.1 Å². The number of carbonyl (C=O) groups is 3. The molecule has 2 N–H and O–H groups in total. The first-order chi connectivity index (χ1) is 16.0. The Hall–Kier alpha value is -2.87. The van der Waals surface area contributed by atoms with Gasteiger partial charge in [-0.05, 0) is 49.3 Å². The molecule has 1 aliphatic rings. The van der Waals surface area contributed by atoms with E-state index in [9.17, 15) is 14.4 Å². The zero-order valence-corrected chi connectivity index (χ0v) is 21.5. The fourth-order valence-electron chi connectivity index (χ4n) is 4.38. The molecule has 0 radical (unpaired) electrons. The first-order valence-electron chi connectivity index (χ1n) is 11.8. The summed E-state index contributed by atoms with van der Waals surface area (Å²) in [5.74, 6) is -0.256. The third-order valence-electron chi connectivity index (χ3n) is 5.68. The molecule has 2 atom stereocenters. The summed E-state index contributed by atoms with van der Waals surface area (Å²) in [5.41, 5.74) is 2.50. The highest BCUT2D eigenvalue weighted by molar-refractivity contribution is 5.95. The third-order valence-corrected chi connectivity index (χ3v) is 5.68. The molecule has 0 fully saturated rings. The monoisotopic (exact) mass is 473 g/mol. The number of nitrogens with one attached hydrogen (secondary N) is 2. The van der Waals surface area contributed by atoms with Gasteiger partial charge < -0.3 is 20.1 Å². The molecule has 1 aromatic carbocycles. The minimum Gasteiger partial charge on any atom is -0.460 e. The Balaban J connectivity index is 2.18. The highest BCUT2D eigenvalue weighted by Gasteiger charge is 2.35. The van der Waals surface area contributed by atoms with Gasteiger partial charge in [-0.25, -0.2) is 9.59 Å². The lowest BCUT2D eigenvalue weighted by atomic mass is 9.84. The van der Waals surface area contributed by atoms with Gasteiger partial charge in [-0.15, -0.1) is 0 Å². The zero-order chi connectivity index (χ0) is 25.5. The van der Waals surface area contributed by atoms with Gasteiger partial charge in [0.1, 0.15) is 6.61 Å². The van der Waals surface area contributed by atoms with E-state index in [0.717, 1.165) is 12.0 Å². The number of nitrogens with zero attached hydrogens (tertiary/aromatic N) is 1. The lowest BCUT2D eigenvalue weighted by Gasteiger charge is -2.34. The van der Waals surface area contributed by atoms with E-state index in [0.29, 0.717) is 29.9 Å². The maximum atomic E-state index is 12.9. The van der Waals surface area contributed by atoms with E-state index < -0.39 is 12.0 Å². The molecule has 0 aromatic heterocycles. The number of methoxy groups -OCH3 is 1. The average Bonchev–Trinajstić information content (AvgIpc) is 2.72. The Bertz CT molecular complexity index is 902. The molecule has 0 bridgehead atoms. The van der Waals surface area contributed by atoms with Crippen LogP contribution in [0.4, 0.5) is 10.5 Å². The number of esters is 1. The second kappa shape index (κ2) is 12.0. The third kappa shape index (κ3) is 7.58. The van der Waals surface area contributed by atoms with E-state index in [4.69, 9.17) is 9.47 Å². The molecular weight excluding hydrogens is 434 g/mol. The van der Waals surface area contributed by atoms with Crippen molar-refractivity contribution >= 4 is 23.6 Å². The fraction of sp³-hybridized carbons (Fsp3) is 0.577. The lowest BCUT2D eigenvalue weighted by molar-refractivity contribution is -0.141. The van der Waals surface area contributed by atoms with Gasteiger partial charge in [-0.3, -0.25) is 9.69 Å². The summed E-state index contributed by atoms with van der Waals surface area (Å²) in [6, 6.07) is 6.24. The van der Waals surface area contributed by atoms with Crippen LogP contribution in [0.25, 0.3) is 0 Å². The van der Waals surface area contributed by atoms with Gasteiger partial charge in [0, 0.05) is 31.5 Å². The van der Waals surface area contributed by atoms with Gasteiger partial charge in [-0.1, -0.05) is 39.8 Å². The van der Waals surface area contributed by atoms with Crippen molar-refractivity contribution in [1.29, 1.82) is 0 Å². The van der Waals surface area contributed by atoms with Crippen molar-refractivity contribution in [3.05, 3.63) is 41.1 Å². The fourth-order valence-corrected chi connectivity index (χ4v) is 4.38. The topological polar surface area (TPSA) is 97.0 Å². The van der Waals surface area contributed by atoms with E-state index in [1.165, 1.54) is 12.0 Å². The van der Waals surface area contributed by atoms with Crippen LogP contribution in [0, 0.1) is 11.3 Å². The van der Waals surface area contributed by atoms with Gasteiger partial charge in [0.2, 0.25) is 5.91 Å². The summed E-state index contributed by atoms with van der Waals surface area (Å²) in [4.78, 5) is 39.5. The van der Waals surface area contributed by atoms with Gasteiger partial charge in [-0.2, -0.15) is 0 Å². The Morgan fingerprint density at radius 1 is 1.18 bits per heavy atom. The first kappa shape index (κ1) is 27.4. The van der Waals surface area contributed by atoms with Gasteiger partial charge in [0.05, 0.1) is 18.2 Å². The van der Waals surface area contributed by atoms with Crippen LogP contribution in [-0.4, -0.2) is 49.7 Å². The molecule has 8 nitrogen and oxygen atoms in total. The largest absolute Gasteiger partial charge is 0.460 e. The van der Waals surface area contributed by atoms with E-state index in [1.807, 2.05) is 6.92 Å². The molecule has 0 saturated carbocycles.